The molecule has 0 heterocycles. The standard InChI is InChI=1S/C4H9F3O4S2/c1-10-13(8,9)11-3-2-4-12(5,6)7/h2-4H2,1H3. The van der Waals surface area contributed by atoms with Crippen LogP contribution in [-0.4, -0.2) is 27.9 Å². The predicted molar refractivity (Wildman–Crippen MR) is 42.3 cm³/mol. The fourth-order valence-electron chi connectivity index (χ4n) is 0.432. The van der Waals surface area contributed by atoms with Crippen LogP contribution >= 0.6 is 11.2 Å². The van der Waals surface area contributed by atoms with E-state index in [9.17, 15) is 20.1 Å². The van der Waals surface area contributed by atoms with Crippen molar-refractivity contribution in [2.45, 2.75) is 6.42 Å². The van der Waals surface area contributed by atoms with Crippen molar-refractivity contribution in [1.82, 2.24) is 0 Å². The molecule has 0 aromatic carbocycles. The summed E-state index contributed by atoms with van der Waals surface area (Å²) in [7, 11) is -3.23. The van der Waals surface area contributed by atoms with Gasteiger partial charge in [0, 0.05) is 0 Å². The first-order valence-electron chi connectivity index (χ1n) is 3.12. The zero-order valence-electron chi connectivity index (χ0n) is 6.70. The molecule has 0 atom stereocenters. The fraction of sp³-hybridized carbons (Fsp3) is 1.00. The van der Waals surface area contributed by atoms with Crippen molar-refractivity contribution in [2.24, 2.45) is 0 Å². The lowest BCUT2D eigenvalue weighted by Gasteiger charge is -2.08. The molecule has 0 aliphatic carbocycles. The molecule has 13 heavy (non-hydrogen) atoms. The van der Waals surface area contributed by atoms with Crippen LogP contribution in [0.4, 0.5) is 11.7 Å². The molecule has 9 heteroatoms. The second-order valence-electron chi connectivity index (χ2n) is 1.96. The summed E-state index contributed by atoms with van der Waals surface area (Å²) in [6.07, 6.45) is -0.374. The number of halogens is 3. The minimum atomic E-state index is -5.06. The summed E-state index contributed by atoms with van der Waals surface area (Å²) < 4.78 is 63.5. The van der Waals surface area contributed by atoms with Crippen LogP contribution in [0.15, 0.2) is 0 Å². The third-order valence-electron chi connectivity index (χ3n) is 0.952. The molecule has 0 fully saturated rings. The van der Waals surface area contributed by atoms with Crippen LogP contribution in [0.1, 0.15) is 6.42 Å². The first-order valence-corrected chi connectivity index (χ1v) is 5.95. The van der Waals surface area contributed by atoms with Crippen LogP contribution in [0.25, 0.3) is 0 Å². The van der Waals surface area contributed by atoms with E-state index in [1.807, 2.05) is 0 Å². The average molecular weight is 242 g/mol. The van der Waals surface area contributed by atoms with Gasteiger partial charge >= 0.3 is 10.4 Å². The van der Waals surface area contributed by atoms with Gasteiger partial charge in [0.25, 0.3) is 0 Å². The van der Waals surface area contributed by atoms with E-state index in [4.69, 9.17) is 0 Å². The highest BCUT2D eigenvalue weighted by Crippen LogP contribution is 2.53. The molecule has 4 nitrogen and oxygen atoms in total. The Labute approximate surface area is 76.5 Å². The maximum absolute atomic E-state index is 11.6. The molecule has 0 amide bonds. The Bertz CT molecular complexity index is 234. The highest BCUT2D eigenvalue weighted by Gasteiger charge is 2.20. The zero-order chi connectivity index (χ0) is 10.5. The van der Waals surface area contributed by atoms with E-state index in [0.29, 0.717) is 0 Å². The molecule has 0 rings (SSSR count). The van der Waals surface area contributed by atoms with Gasteiger partial charge in [-0.15, -0.1) is 11.7 Å². The summed E-state index contributed by atoms with van der Waals surface area (Å²) >= 11 is -5.06. The summed E-state index contributed by atoms with van der Waals surface area (Å²) in [5.74, 6) is -0.994. The molecule has 0 bridgehead atoms. The smallest absolute Gasteiger partial charge is 0.252 e. The van der Waals surface area contributed by atoms with Gasteiger partial charge in [-0.3, -0.25) is 4.18 Å². The van der Waals surface area contributed by atoms with Crippen molar-refractivity contribution in [3.05, 3.63) is 0 Å². The van der Waals surface area contributed by atoms with Crippen molar-refractivity contribution in [3.8, 4) is 0 Å². The number of hydrogen-bond donors (Lipinski definition) is 0. The Hall–Kier alpha value is 0.01000. The van der Waals surface area contributed by atoms with Crippen LogP contribution in [-0.2, 0) is 18.8 Å². The van der Waals surface area contributed by atoms with E-state index in [1.165, 1.54) is 0 Å². The maximum atomic E-state index is 11.6. The summed E-state index contributed by atoms with van der Waals surface area (Å²) in [5, 5.41) is 0. The first kappa shape index (κ1) is 13.0. The largest absolute Gasteiger partial charge is 0.399 e. The minimum Gasteiger partial charge on any atom is -0.252 e. The second-order valence-corrected chi connectivity index (χ2v) is 4.76. The van der Waals surface area contributed by atoms with E-state index in [0.717, 1.165) is 7.11 Å². The van der Waals surface area contributed by atoms with E-state index in [-0.39, 0.29) is 6.42 Å². The average Bonchev–Trinajstić information content (AvgIpc) is 1.97. The fourth-order valence-corrected chi connectivity index (χ4v) is 1.30. The topological polar surface area (TPSA) is 52.6 Å². The van der Waals surface area contributed by atoms with E-state index >= 15 is 0 Å². The highest BCUT2D eigenvalue weighted by molar-refractivity contribution is 8.20. The molecular weight excluding hydrogens is 233 g/mol. The lowest BCUT2D eigenvalue weighted by Crippen LogP contribution is -2.09. The Morgan fingerprint density at radius 3 is 2.15 bits per heavy atom. The Morgan fingerprint density at radius 1 is 1.23 bits per heavy atom. The van der Waals surface area contributed by atoms with Gasteiger partial charge in [-0.05, 0) is 6.42 Å². The highest BCUT2D eigenvalue weighted by atomic mass is 32.3. The molecule has 0 aliphatic rings. The molecule has 0 aliphatic heterocycles. The Morgan fingerprint density at radius 2 is 1.77 bits per heavy atom. The van der Waals surface area contributed by atoms with E-state index in [1.54, 1.807) is 0 Å². The van der Waals surface area contributed by atoms with Crippen LogP contribution in [0.3, 0.4) is 0 Å². The minimum absolute atomic E-state index is 0.374. The first-order chi connectivity index (χ1) is 5.77. The lowest BCUT2D eigenvalue weighted by molar-refractivity contribution is 0.244. The molecule has 0 saturated heterocycles. The normalized spacial score (nSPS) is 14.5. The van der Waals surface area contributed by atoms with E-state index < -0.39 is 33.9 Å². The van der Waals surface area contributed by atoms with Gasteiger partial charge in [-0.1, -0.05) is 0 Å². The van der Waals surface area contributed by atoms with Crippen LogP contribution in [0.5, 0.6) is 0 Å². The maximum Gasteiger partial charge on any atom is 0.399 e. The lowest BCUT2D eigenvalue weighted by atomic mass is 10.5. The van der Waals surface area contributed by atoms with Gasteiger partial charge in [0.2, 0.25) is 11.2 Å². The summed E-state index contributed by atoms with van der Waals surface area (Å²) in [6, 6.07) is 0. The van der Waals surface area contributed by atoms with Crippen molar-refractivity contribution in [2.75, 3.05) is 19.5 Å². The van der Waals surface area contributed by atoms with Gasteiger partial charge < -0.3 is 0 Å². The van der Waals surface area contributed by atoms with Crippen molar-refractivity contribution >= 4 is 21.6 Å². The molecule has 0 spiro atoms. The van der Waals surface area contributed by atoms with Crippen LogP contribution in [0, 0.1) is 0 Å². The molecule has 0 N–H and O–H groups in total. The molecule has 0 radical (unpaired) electrons. The van der Waals surface area contributed by atoms with Gasteiger partial charge in [0.1, 0.15) is 0 Å². The van der Waals surface area contributed by atoms with Gasteiger partial charge in [-0.2, -0.15) is 8.42 Å². The van der Waals surface area contributed by atoms with Gasteiger partial charge in [-0.25, -0.2) is 4.18 Å². The van der Waals surface area contributed by atoms with Crippen molar-refractivity contribution in [1.29, 1.82) is 0 Å². The molecule has 0 aromatic heterocycles. The van der Waals surface area contributed by atoms with Crippen molar-refractivity contribution < 1.29 is 28.4 Å². The third kappa shape index (κ3) is 8.34. The molecular formula is C4H9F3O4S2. The quantitative estimate of drug-likeness (QED) is 0.666. The summed E-state index contributed by atoms with van der Waals surface area (Å²) in [4.78, 5) is 0. The van der Waals surface area contributed by atoms with Crippen LogP contribution in [0.2, 0.25) is 0 Å². The summed E-state index contributed by atoms with van der Waals surface area (Å²) in [6.45, 7) is -0.511. The Balaban J connectivity index is 3.59. The molecule has 0 aromatic rings. The van der Waals surface area contributed by atoms with Crippen LogP contribution < -0.4 is 0 Å². The third-order valence-corrected chi connectivity index (χ3v) is 2.57. The Kier molecular flexibility index (Phi) is 5.04. The molecule has 82 valence electrons. The molecule has 0 unspecified atom stereocenters. The predicted octanol–water partition coefficient (Wildman–Crippen LogP) is 1.74. The van der Waals surface area contributed by atoms with E-state index in [2.05, 4.69) is 8.37 Å². The zero-order valence-corrected chi connectivity index (χ0v) is 8.34. The summed E-state index contributed by atoms with van der Waals surface area (Å²) in [5.41, 5.74) is 0. The van der Waals surface area contributed by atoms with Gasteiger partial charge in [0.15, 0.2) is 0 Å². The number of hydrogen-bond acceptors (Lipinski definition) is 4. The van der Waals surface area contributed by atoms with Gasteiger partial charge in [0.05, 0.1) is 19.5 Å². The second kappa shape index (κ2) is 5.03. The monoisotopic (exact) mass is 242 g/mol. The number of rotatable bonds is 6. The van der Waals surface area contributed by atoms with Crippen molar-refractivity contribution in [3.63, 3.8) is 0 Å². The molecule has 0 saturated carbocycles. The SMILES string of the molecule is COS(=O)(=O)OCCCS(F)(F)F.